The maximum Gasteiger partial charge on any atom is 0.305 e. The van der Waals surface area contributed by atoms with Crippen LogP contribution in [0.25, 0.3) is 0 Å². The summed E-state index contributed by atoms with van der Waals surface area (Å²) in [4.78, 5) is 26.6. The van der Waals surface area contributed by atoms with Gasteiger partial charge in [0.15, 0.2) is 0 Å². The van der Waals surface area contributed by atoms with Crippen LogP contribution in [0.5, 0.6) is 0 Å². The van der Waals surface area contributed by atoms with Crippen LogP contribution in [0.2, 0.25) is 0 Å². The Kier molecular flexibility index (Phi) is 8.96. The Morgan fingerprint density at radius 2 is 1.68 bits per heavy atom. The SMILES string of the molecule is CCCCCCCCCN1c2c(c(C)cc(C)c2NC(=O)C(C)(C)C)CC1CC(=O)O. The van der Waals surface area contributed by atoms with E-state index in [1.807, 2.05) is 27.7 Å². The van der Waals surface area contributed by atoms with Gasteiger partial charge in [-0.05, 0) is 43.4 Å². The maximum atomic E-state index is 12.8. The van der Waals surface area contributed by atoms with Crippen molar-refractivity contribution in [3.63, 3.8) is 0 Å². The standard InChI is InChI=1S/C26H42N2O3/c1-7-8-9-10-11-12-13-14-28-20(17-22(29)30)16-21-18(2)15-19(3)23(24(21)28)27-25(31)26(4,5)6/h15,20H,7-14,16-17H2,1-6H3,(H,27,31)(H,29,30). The van der Waals surface area contributed by atoms with E-state index in [4.69, 9.17) is 0 Å². The van der Waals surface area contributed by atoms with Crippen molar-refractivity contribution in [1.82, 2.24) is 0 Å². The number of nitrogens with zero attached hydrogens (tertiary/aromatic N) is 1. The highest BCUT2D eigenvalue weighted by molar-refractivity contribution is 5.99. The third kappa shape index (κ3) is 6.72. The van der Waals surface area contributed by atoms with Gasteiger partial charge in [0.1, 0.15) is 0 Å². The van der Waals surface area contributed by atoms with Crippen LogP contribution in [0, 0.1) is 19.3 Å². The first-order valence-electron chi connectivity index (χ1n) is 12.0. The van der Waals surface area contributed by atoms with Gasteiger partial charge in [0.05, 0.1) is 17.8 Å². The van der Waals surface area contributed by atoms with Crippen molar-refractivity contribution in [2.75, 3.05) is 16.8 Å². The van der Waals surface area contributed by atoms with Crippen LogP contribution >= 0.6 is 0 Å². The molecule has 0 aliphatic carbocycles. The number of carbonyl (C=O) groups is 2. The summed E-state index contributed by atoms with van der Waals surface area (Å²) in [5.74, 6) is -0.781. The molecular formula is C26H42N2O3. The molecular weight excluding hydrogens is 388 g/mol. The van der Waals surface area contributed by atoms with Gasteiger partial charge in [0.25, 0.3) is 0 Å². The Bertz CT molecular complexity index is 780. The largest absolute Gasteiger partial charge is 0.481 e. The minimum absolute atomic E-state index is 0.0146. The Labute approximate surface area is 188 Å². The Morgan fingerprint density at radius 1 is 1.06 bits per heavy atom. The first-order valence-corrected chi connectivity index (χ1v) is 12.0. The molecule has 1 heterocycles. The van der Waals surface area contributed by atoms with Crippen LogP contribution in [-0.2, 0) is 16.0 Å². The highest BCUT2D eigenvalue weighted by Crippen LogP contribution is 2.44. The minimum Gasteiger partial charge on any atom is -0.481 e. The Balaban J connectivity index is 2.26. The van der Waals surface area contributed by atoms with Crippen molar-refractivity contribution in [2.45, 2.75) is 105 Å². The van der Waals surface area contributed by atoms with Gasteiger partial charge in [0, 0.05) is 18.0 Å². The zero-order valence-electron chi connectivity index (χ0n) is 20.4. The lowest BCUT2D eigenvalue weighted by atomic mass is 9.94. The van der Waals surface area contributed by atoms with E-state index in [-0.39, 0.29) is 18.4 Å². The van der Waals surface area contributed by atoms with Crippen molar-refractivity contribution in [3.8, 4) is 0 Å². The number of carboxylic acid groups (broad SMARTS) is 1. The van der Waals surface area contributed by atoms with Crippen LogP contribution < -0.4 is 10.2 Å². The zero-order chi connectivity index (χ0) is 23.2. The molecule has 1 atom stereocenters. The number of fused-ring (bicyclic) bond motifs is 1. The van der Waals surface area contributed by atoms with E-state index < -0.39 is 11.4 Å². The quantitative estimate of drug-likeness (QED) is 0.407. The van der Waals surface area contributed by atoms with E-state index in [0.29, 0.717) is 0 Å². The summed E-state index contributed by atoms with van der Waals surface area (Å²) < 4.78 is 0. The van der Waals surface area contributed by atoms with Gasteiger partial charge in [0.2, 0.25) is 5.91 Å². The molecule has 0 bridgehead atoms. The van der Waals surface area contributed by atoms with Crippen LogP contribution in [0.15, 0.2) is 6.07 Å². The van der Waals surface area contributed by atoms with E-state index in [1.165, 1.54) is 43.2 Å². The van der Waals surface area contributed by atoms with Crippen molar-refractivity contribution < 1.29 is 14.7 Å². The minimum atomic E-state index is -0.767. The predicted octanol–water partition coefficient (Wildman–Crippen LogP) is 6.24. The molecule has 1 aromatic rings. The third-order valence-corrected chi connectivity index (χ3v) is 6.33. The summed E-state index contributed by atoms with van der Waals surface area (Å²) in [6.07, 6.45) is 9.40. The summed E-state index contributed by atoms with van der Waals surface area (Å²) in [5.41, 5.74) is 4.81. The third-order valence-electron chi connectivity index (χ3n) is 6.33. The average molecular weight is 431 g/mol. The number of nitrogens with one attached hydrogen (secondary N) is 1. The van der Waals surface area contributed by atoms with Gasteiger partial charge >= 0.3 is 5.97 Å². The Morgan fingerprint density at radius 3 is 2.26 bits per heavy atom. The van der Waals surface area contributed by atoms with E-state index in [2.05, 4.69) is 30.1 Å². The van der Waals surface area contributed by atoms with Gasteiger partial charge < -0.3 is 15.3 Å². The molecule has 31 heavy (non-hydrogen) atoms. The van der Waals surface area contributed by atoms with Gasteiger partial charge in [-0.25, -0.2) is 0 Å². The summed E-state index contributed by atoms with van der Waals surface area (Å²) in [6.45, 7) is 12.9. The van der Waals surface area contributed by atoms with Gasteiger partial charge in [-0.1, -0.05) is 72.3 Å². The fourth-order valence-corrected chi connectivity index (χ4v) is 4.49. The lowest BCUT2D eigenvalue weighted by Gasteiger charge is -2.30. The monoisotopic (exact) mass is 430 g/mol. The maximum absolute atomic E-state index is 12.8. The van der Waals surface area contributed by atoms with E-state index >= 15 is 0 Å². The molecule has 1 aliphatic heterocycles. The fraction of sp³-hybridized carbons (Fsp3) is 0.692. The molecule has 0 aromatic heterocycles. The number of unbranched alkanes of at least 4 members (excludes halogenated alkanes) is 6. The number of carbonyl (C=O) groups excluding carboxylic acids is 1. The van der Waals surface area contributed by atoms with Crippen molar-refractivity contribution in [2.24, 2.45) is 5.41 Å². The smallest absolute Gasteiger partial charge is 0.305 e. The molecule has 0 saturated heterocycles. The molecule has 2 rings (SSSR count). The van der Waals surface area contributed by atoms with Crippen LogP contribution in [0.1, 0.15) is 95.8 Å². The second-order valence-electron chi connectivity index (χ2n) is 10.2. The lowest BCUT2D eigenvalue weighted by molar-refractivity contribution is -0.137. The number of carboxylic acids is 1. The molecule has 0 saturated carbocycles. The predicted molar refractivity (Wildman–Crippen MR) is 129 cm³/mol. The van der Waals surface area contributed by atoms with Gasteiger partial charge in [-0.2, -0.15) is 0 Å². The number of aliphatic carboxylic acids is 1. The topological polar surface area (TPSA) is 69.6 Å². The summed E-state index contributed by atoms with van der Waals surface area (Å²) >= 11 is 0. The zero-order valence-corrected chi connectivity index (χ0v) is 20.4. The molecule has 1 aliphatic rings. The van der Waals surface area contributed by atoms with Gasteiger partial charge in [-0.15, -0.1) is 0 Å². The first kappa shape index (κ1) is 25.2. The highest BCUT2D eigenvalue weighted by Gasteiger charge is 2.35. The molecule has 5 nitrogen and oxygen atoms in total. The number of hydrogen-bond acceptors (Lipinski definition) is 3. The first-order chi connectivity index (χ1) is 14.6. The fourth-order valence-electron chi connectivity index (χ4n) is 4.49. The van der Waals surface area contributed by atoms with Crippen LogP contribution in [-0.4, -0.2) is 29.6 Å². The van der Waals surface area contributed by atoms with Crippen molar-refractivity contribution >= 4 is 23.3 Å². The second-order valence-corrected chi connectivity index (χ2v) is 10.2. The number of amides is 1. The molecule has 2 N–H and O–H groups in total. The average Bonchev–Trinajstić information content (AvgIpc) is 3.01. The molecule has 1 unspecified atom stereocenters. The lowest BCUT2D eigenvalue weighted by Crippen LogP contribution is -2.36. The molecule has 0 radical (unpaired) electrons. The van der Waals surface area contributed by atoms with Crippen LogP contribution in [0.4, 0.5) is 11.4 Å². The number of hydrogen-bond donors (Lipinski definition) is 2. The second kappa shape index (κ2) is 11.0. The van der Waals surface area contributed by atoms with E-state index in [9.17, 15) is 14.7 Å². The van der Waals surface area contributed by atoms with Crippen molar-refractivity contribution in [3.05, 3.63) is 22.8 Å². The summed E-state index contributed by atoms with van der Waals surface area (Å²) in [7, 11) is 0. The highest BCUT2D eigenvalue weighted by atomic mass is 16.4. The molecule has 0 spiro atoms. The summed E-state index contributed by atoms with van der Waals surface area (Å²) in [5, 5.41) is 12.7. The van der Waals surface area contributed by atoms with Crippen LogP contribution in [0.3, 0.4) is 0 Å². The normalized spacial score (nSPS) is 15.8. The number of benzene rings is 1. The molecule has 5 heteroatoms. The molecule has 0 fully saturated rings. The number of anilines is 2. The molecule has 1 aromatic carbocycles. The molecule has 174 valence electrons. The van der Waals surface area contributed by atoms with Crippen molar-refractivity contribution in [1.29, 1.82) is 0 Å². The van der Waals surface area contributed by atoms with Gasteiger partial charge in [-0.3, -0.25) is 9.59 Å². The number of aryl methyl sites for hydroxylation is 2. The summed E-state index contributed by atoms with van der Waals surface area (Å²) in [6, 6.07) is 2.06. The van der Waals surface area contributed by atoms with E-state index in [1.54, 1.807) is 0 Å². The van der Waals surface area contributed by atoms with E-state index in [0.717, 1.165) is 42.7 Å². The molecule has 1 amide bonds. The number of rotatable bonds is 11. The Hall–Kier alpha value is -2.04.